The molecule has 11 heteroatoms. The molecule has 0 aliphatic heterocycles. The van der Waals surface area contributed by atoms with E-state index < -0.39 is 33.5 Å². The first kappa shape index (κ1) is 10.5. The van der Waals surface area contributed by atoms with Gasteiger partial charge in [0.25, 0.3) is 5.82 Å². The molecule has 0 aliphatic carbocycles. The standard InChI is InChI=1S/C4H4N6O5/c5-3-6-1(7-4(11)8-3)2(9(12)13)10(14)15/h2H,(H3,5,6,7,8,11). The summed E-state index contributed by atoms with van der Waals surface area (Å²) in [5, 5.41) is 20.6. The normalized spacial score (nSPS) is 10.2. The van der Waals surface area contributed by atoms with Crippen LogP contribution in [0.25, 0.3) is 0 Å². The highest BCUT2D eigenvalue weighted by molar-refractivity contribution is 5.12. The van der Waals surface area contributed by atoms with Gasteiger partial charge in [0, 0.05) is 0 Å². The largest absolute Gasteiger partial charge is 0.507 e. The molecule has 1 aromatic heterocycles. The van der Waals surface area contributed by atoms with Crippen molar-refractivity contribution in [3.8, 4) is 0 Å². The van der Waals surface area contributed by atoms with E-state index >= 15 is 0 Å². The van der Waals surface area contributed by atoms with Crippen LogP contribution in [0.1, 0.15) is 12.0 Å². The van der Waals surface area contributed by atoms with Crippen molar-refractivity contribution in [1.82, 2.24) is 15.0 Å². The Kier molecular flexibility index (Phi) is 2.55. The number of hydrogen-bond donors (Lipinski definition) is 2. The van der Waals surface area contributed by atoms with Gasteiger partial charge in [-0.2, -0.15) is 9.97 Å². The summed E-state index contributed by atoms with van der Waals surface area (Å²) in [6.07, 6.45) is -2.36. The molecule has 0 spiro atoms. The second kappa shape index (κ2) is 3.65. The SMILES string of the molecule is Nc1nc(C([N+](=O)[O-])[N+](=O)[O-])[nH]c(=O)n1. The molecule has 0 fully saturated rings. The number of nitrogens with two attached hydrogens (primary N) is 1. The van der Waals surface area contributed by atoms with Crippen LogP contribution in [0.5, 0.6) is 0 Å². The van der Waals surface area contributed by atoms with Crippen LogP contribution < -0.4 is 11.4 Å². The molecule has 15 heavy (non-hydrogen) atoms. The van der Waals surface area contributed by atoms with Crippen molar-refractivity contribution in [2.75, 3.05) is 5.73 Å². The highest BCUT2D eigenvalue weighted by Crippen LogP contribution is 2.10. The first-order valence-corrected chi connectivity index (χ1v) is 3.42. The molecule has 0 unspecified atom stereocenters. The van der Waals surface area contributed by atoms with Gasteiger partial charge >= 0.3 is 11.9 Å². The van der Waals surface area contributed by atoms with Crippen molar-refractivity contribution in [3.63, 3.8) is 0 Å². The third kappa shape index (κ3) is 2.20. The van der Waals surface area contributed by atoms with E-state index in [1.165, 1.54) is 0 Å². The van der Waals surface area contributed by atoms with Crippen LogP contribution in [0.4, 0.5) is 5.95 Å². The second-order valence-electron chi connectivity index (χ2n) is 2.34. The lowest BCUT2D eigenvalue weighted by atomic mass is 10.5. The third-order valence-electron chi connectivity index (χ3n) is 1.33. The fourth-order valence-electron chi connectivity index (χ4n) is 0.817. The lowest BCUT2D eigenvalue weighted by molar-refractivity contribution is -0.754. The number of nitrogen functional groups attached to an aromatic ring is 1. The van der Waals surface area contributed by atoms with Crippen LogP contribution in [0.15, 0.2) is 4.79 Å². The van der Waals surface area contributed by atoms with Gasteiger partial charge in [0.15, 0.2) is 0 Å². The number of nitro groups is 2. The maximum Gasteiger partial charge on any atom is 0.507 e. The van der Waals surface area contributed by atoms with Crippen LogP contribution in [-0.4, -0.2) is 24.8 Å². The Morgan fingerprint density at radius 3 is 2.20 bits per heavy atom. The van der Waals surface area contributed by atoms with E-state index in [2.05, 4.69) is 9.97 Å². The van der Waals surface area contributed by atoms with Crippen LogP contribution >= 0.6 is 0 Å². The molecule has 0 aliphatic rings. The number of aromatic amines is 1. The Bertz CT molecular complexity index is 453. The molecule has 80 valence electrons. The zero-order chi connectivity index (χ0) is 11.6. The van der Waals surface area contributed by atoms with Crippen LogP contribution in [0.3, 0.4) is 0 Å². The Morgan fingerprint density at radius 2 is 1.80 bits per heavy atom. The molecule has 0 amide bonds. The van der Waals surface area contributed by atoms with Crippen molar-refractivity contribution in [3.05, 3.63) is 36.5 Å². The topological polar surface area (TPSA) is 171 Å². The monoisotopic (exact) mass is 216 g/mol. The molecule has 1 rings (SSSR count). The summed E-state index contributed by atoms with van der Waals surface area (Å²) in [6.45, 7) is 0. The number of hydrogen-bond acceptors (Lipinski definition) is 8. The molecule has 1 aromatic rings. The van der Waals surface area contributed by atoms with Crippen molar-refractivity contribution < 1.29 is 9.85 Å². The molecule has 0 atom stereocenters. The maximum absolute atomic E-state index is 10.7. The second-order valence-corrected chi connectivity index (χ2v) is 2.34. The summed E-state index contributed by atoms with van der Waals surface area (Å²) >= 11 is 0. The Hall–Kier alpha value is -2.59. The molecule has 11 nitrogen and oxygen atoms in total. The molecule has 0 saturated heterocycles. The fraction of sp³-hybridized carbons (Fsp3) is 0.250. The van der Waals surface area contributed by atoms with Gasteiger partial charge in [-0.1, -0.05) is 0 Å². The number of rotatable bonds is 3. The first-order chi connectivity index (χ1) is 6.91. The number of anilines is 1. The zero-order valence-electron chi connectivity index (χ0n) is 6.98. The van der Waals surface area contributed by atoms with Crippen molar-refractivity contribution in [2.45, 2.75) is 6.17 Å². The van der Waals surface area contributed by atoms with E-state index in [9.17, 15) is 25.0 Å². The summed E-state index contributed by atoms with van der Waals surface area (Å²) < 4.78 is 0. The number of nitrogens with one attached hydrogen (secondary N) is 1. The first-order valence-electron chi connectivity index (χ1n) is 3.42. The highest BCUT2D eigenvalue weighted by Gasteiger charge is 2.38. The van der Waals surface area contributed by atoms with Crippen LogP contribution in [0.2, 0.25) is 0 Å². The summed E-state index contributed by atoms with van der Waals surface area (Å²) in [5.41, 5.74) is 3.97. The van der Waals surface area contributed by atoms with E-state index in [0.717, 1.165) is 0 Å². The minimum absolute atomic E-state index is 0.567. The Morgan fingerprint density at radius 1 is 1.27 bits per heavy atom. The average molecular weight is 216 g/mol. The molecule has 0 aromatic carbocycles. The molecular weight excluding hydrogens is 212 g/mol. The van der Waals surface area contributed by atoms with Crippen molar-refractivity contribution in [2.24, 2.45) is 0 Å². The van der Waals surface area contributed by atoms with Crippen LogP contribution in [-0.2, 0) is 0 Å². The van der Waals surface area contributed by atoms with Crippen molar-refractivity contribution in [1.29, 1.82) is 0 Å². The predicted molar refractivity (Wildman–Crippen MR) is 43.8 cm³/mol. The van der Waals surface area contributed by atoms with Gasteiger partial charge in [0.1, 0.15) is 9.85 Å². The number of H-pyrrole nitrogens is 1. The van der Waals surface area contributed by atoms with Gasteiger partial charge in [-0.25, -0.2) is 4.79 Å². The molecule has 0 bridgehead atoms. The minimum atomic E-state index is -2.36. The molecule has 3 N–H and O–H groups in total. The van der Waals surface area contributed by atoms with E-state index in [1.807, 2.05) is 0 Å². The molecule has 0 radical (unpaired) electrons. The van der Waals surface area contributed by atoms with Gasteiger partial charge in [0.05, 0.1) is 0 Å². The zero-order valence-corrected chi connectivity index (χ0v) is 6.98. The quantitative estimate of drug-likeness (QED) is 0.341. The number of aromatic nitrogens is 3. The van der Waals surface area contributed by atoms with Crippen molar-refractivity contribution >= 4 is 5.95 Å². The van der Waals surface area contributed by atoms with Gasteiger partial charge in [0.2, 0.25) is 5.95 Å². The van der Waals surface area contributed by atoms with Gasteiger partial charge in [-0.05, 0) is 0 Å². The fourth-order valence-corrected chi connectivity index (χ4v) is 0.817. The predicted octanol–water partition coefficient (Wildman–Crippen LogP) is -1.70. The maximum atomic E-state index is 10.7. The highest BCUT2D eigenvalue weighted by atomic mass is 16.7. The van der Waals surface area contributed by atoms with E-state index in [1.54, 1.807) is 4.98 Å². The summed E-state index contributed by atoms with van der Waals surface area (Å²) in [5.74, 6) is -1.33. The lowest BCUT2D eigenvalue weighted by Crippen LogP contribution is -2.27. The summed E-state index contributed by atoms with van der Waals surface area (Å²) in [4.78, 5) is 36.9. The molecular formula is C4H4N6O5. The lowest BCUT2D eigenvalue weighted by Gasteiger charge is -2.00. The minimum Gasteiger partial charge on any atom is -0.368 e. The van der Waals surface area contributed by atoms with E-state index in [-0.39, 0.29) is 0 Å². The average Bonchev–Trinajstić information content (AvgIpc) is 1.99. The molecule has 0 saturated carbocycles. The van der Waals surface area contributed by atoms with Crippen LogP contribution in [0, 0.1) is 20.2 Å². The number of nitrogens with zero attached hydrogens (tertiary/aromatic N) is 4. The smallest absolute Gasteiger partial charge is 0.368 e. The van der Waals surface area contributed by atoms with Gasteiger partial charge in [-0.15, -0.1) is 0 Å². The third-order valence-corrected chi connectivity index (χ3v) is 1.33. The van der Waals surface area contributed by atoms with E-state index in [0.29, 0.717) is 0 Å². The Balaban J connectivity index is 3.29. The Labute approximate surface area is 80.3 Å². The van der Waals surface area contributed by atoms with Gasteiger partial charge < -0.3 is 5.73 Å². The summed E-state index contributed by atoms with van der Waals surface area (Å²) in [6, 6.07) is 0. The van der Waals surface area contributed by atoms with Gasteiger partial charge in [-0.3, -0.25) is 25.2 Å². The van der Waals surface area contributed by atoms with E-state index in [4.69, 9.17) is 5.73 Å². The summed E-state index contributed by atoms with van der Waals surface area (Å²) in [7, 11) is 0. The molecule has 1 heterocycles.